The summed E-state index contributed by atoms with van der Waals surface area (Å²) in [7, 11) is 1.79. The Morgan fingerprint density at radius 2 is 1.83 bits per heavy atom. The van der Waals surface area contributed by atoms with Crippen LogP contribution in [-0.2, 0) is 4.74 Å². The number of ether oxygens (including phenoxy) is 1. The molecule has 0 fully saturated rings. The van der Waals surface area contributed by atoms with E-state index in [-0.39, 0.29) is 0 Å². The molecule has 0 rings (SSSR count). The van der Waals surface area contributed by atoms with E-state index in [2.05, 4.69) is 31.0 Å². The van der Waals surface area contributed by atoms with Crippen LogP contribution in [0.4, 0.5) is 0 Å². The SMILES string of the molecule is CCCNCCCCCN(CCOC)C(C)CC. The standard InChI is InChI=1S/C15H34N2O/c1-5-10-16-11-8-7-9-12-17(13-14-18-4)15(3)6-2/h15-16H,5-14H2,1-4H3. The van der Waals surface area contributed by atoms with E-state index in [1.807, 2.05) is 0 Å². The van der Waals surface area contributed by atoms with Crippen molar-refractivity contribution in [1.82, 2.24) is 10.2 Å². The Balaban J connectivity index is 3.56. The van der Waals surface area contributed by atoms with Crippen molar-refractivity contribution in [2.45, 2.75) is 58.9 Å². The highest BCUT2D eigenvalue weighted by Crippen LogP contribution is 2.06. The minimum atomic E-state index is 0.679. The Labute approximate surface area is 114 Å². The van der Waals surface area contributed by atoms with E-state index in [1.54, 1.807) is 7.11 Å². The second-order valence-electron chi connectivity index (χ2n) is 5.10. The van der Waals surface area contributed by atoms with Crippen molar-refractivity contribution in [1.29, 1.82) is 0 Å². The molecule has 1 atom stereocenters. The lowest BCUT2D eigenvalue weighted by molar-refractivity contribution is 0.121. The van der Waals surface area contributed by atoms with Gasteiger partial charge in [0, 0.05) is 19.7 Å². The predicted octanol–water partition coefficient (Wildman–Crippen LogP) is 2.90. The van der Waals surface area contributed by atoms with E-state index in [0.717, 1.165) is 19.7 Å². The summed E-state index contributed by atoms with van der Waals surface area (Å²) in [5.74, 6) is 0. The molecule has 0 saturated carbocycles. The predicted molar refractivity (Wildman–Crippen MR) is 80.2 cm³/mol. The fourth-order valence-electron chi connectivity index (χ4n) is 2.06. The molecule has 0 aliphatic rings. The molecule has 1 N–H and O–H groups in total. The molecule has 3 heteroatoms. The summed E-state index contributed by atoms with van der Waals surface area (Å²) in [5, 5.41) is 3.46. The minimum absolute atomic E-state index is 0.679. The van der Waals surface area contributed by atoms with Crippen molar-refractivity contribution < 1.29 is 4.74 Å². The molecule has 0 spiro atoms. The summed E-state index contributed by atoms with van der Waals surface area (Å²) in [6.07, 6.45) is 6.40. The molecule has 3 nitrogen and oxygen atoms in total. The molecule has 0 aromatic carbocycles. The number of rotatable bonds is 13. The molecule has 0 aliphatic carbocycles. The van der Waals surface area contributed by atoms with Crippen LogP contribution in [0.25, 0.3) is 0 Å². The number of unbranched alkanes of at least 4 members (excludes halogenated alkanes) is 2. The van der Waals surface area contributed by atoms with Crippen LogP contribution in [0.2, 0.25) is 0 Å². The zero-order chi connectivity index (χ0) is 13.6. The van der Waals surface area contributed by atoms with Gasteiger partial charge in [0.15, 0.2) is 0 Å². The number of nitrogens with zero attached hydrogens (tertiary/aromatic N) is 1. The second kappa shape index (κ2) is 13.3. The quantitative estimate of drug-likeness (QED) is 0.514. The highest BCUT2D eigenvalue weighted by atomic mass is 16.5. The smallest absolute Gasteiger partial charge is 0.0589 e. The lowest BCUT2D eigenvalue weighted by Crippen LogP contribution is -2.36. The average Bonchev–Trinajstić information content (AvgIpc) is 2.40. The minimum Gasteiger partial charge on any atom is -0.383 e. The Morgan fingerprint density at radius 3 is 2.44 bits per heavy atom. The summed E-state index contributed by atoms with van der Waals surface area (Å²) in [6, 6.07) is 0.679. The van der Waals surface area contributed by atoms with Gasteiger partial charge < -0.3 is 10.1 Å². The van der Waals surface area contributed by atoms with Crippen molar-refractivity contribution in [2.24, 2.45) is 0 Å². The molecular formula is C15H34N2O. The van der Waals surface area contributed by atoms with Crippen molar-refractivity contribution in [2.75, 3.05) is 39.9 Å². The van der Waals surface area contributed by atoms with E-state index in [1.165, 1.54) is 45.2 Å². The van der Waals surface area contributed by atoms with Crippen LogP contribution in [0.3, 0.4) is 0 Å². The summed E-state index contributed by atoms with van der Waals surface area (Å²) < 4.78 is 5.19. The lowest BCUT2D eigenvalue weighted by Gasteiger charge is -2.28. The molecule has 0 amide bonds. The Morgan fingerprint density at radius 1 is 1.06 bits per heavy atom. The first-order valence-corrected chi connectivity index (χ1v) is 7.69. The molecule has 18 heavy (non-hydrogen) atoms. The van der Waals surface area contributed by atoms with Gasteiger partial charge in [-0.1, -0.05) is 20.3 Å². The van der Waals surface area contributed by atoms with Gasteiger partial charge >= 0.3 is 0 Å². The van der Waals surface area contributed by atoms with Gasteiger partial charge in [0.1, 0.15) is 0 Å². The molecule has 0 bridgehead atoms. The maximum atomic E-state index is 5.19. The summed E-state index contributed by atoms with van der Waals surface area (Å²) in [5.41, 5.74) is 0. The van der Waals surface area contributed by atoms with Gasteiger partial charge in [-0.15, -0.1) is 0 Å². The van der Waals surface area contributed by atoms with Gasteiger partial charge in [0.05, 0.1) is 6.61 Å². The maximum absolute atomic E-state index is 5.19. The van der Waals surface area contributed by atoms with Gasteiger partial charge in [-0.25, -0.2) is 0 Å². The monoisotopic (exact) mass is 258 g/mol. The third-order valence-corrected chi connectivity index (χ3v) is 3.52. The van der Waals surface area contributed by atoms with Crippen LogP contribution < -0.4 is 5.32 Å². The van der Waals surface area contributed by atoms with Gasteiger partial charge in [-0.3, -0.25) is 4.90 Å². The van der Waals surface area contributed by atoms with Crippen LogP contribution in [0.5, 0.6) is 0 Å². The summed E-state index contributed by atoms with van der Waals surface area (Å²) in [4.78, 5) is 2.56. The molecule has 0 aliphatic heterocycles. The van der Waals surface area contributed by atoms with Crippen molar-refractivity contribution in [3.8, 4) is 0 Å². The van der Waals surface area contributed by atoms with E-state index >= 15 is 0 Å². The van der Waals surface area contributed by atoms with E-state index in [9.17, 15) is 0 Å². The summed E-state index contributed by atoms with van der Waals surface area (Å²) in [6.45, 7) is 12.3. The van der Waals surface area contributed by atoms with Gasteiger partial charge in [0.2, 0.25) is 0 Å². The first-order chi connectivity index (χ1) is 8.76. The fraction of sp³-hybridized carbons (Fsp3) is 1.00. The average molecular weight is 258 g/mol. The number of hydrogen-bond donors (Lipinski definition) is 1. The van der Waals surface area contributed by atoms with Crippen LogP contribution in [-0.4, -0.2) is 50.8 Å². The largest absolute Gasteiger partial charge is 0.383 e. The third kappa shape index (κ3) is 9.86. The zero-order valence-electron chi connectivity index (χ0n) is 13.0. The third-order valence-electron chi connectivity index (χ3n) is 3.52. The van der Waals surface area contributed by atoms with Crippen molar-refractivity contribution in [3.63, 3.8) is 0 Å². The Hall–Kier alpha value is -0.120. The Bertz CT molecular complexity index is 165. The molecule has 0 heterocycles. The molecule has 0 saturated heterocycles. The topological polar surface area (TPSA) is 24.5 Å². The first-order valence-electron chi connectivity index (χ1n) is 7.69. The highest BCUT2D eigenvalue weighted by Gasteiger charge is 2.10. The first kappa shape index (κ1) is 17.9. The maximum Gasteiger partial charge on any atom is 0.0589 e. The molecule has 0 aromatic heterocycles. The van der Waals surface area contributed by atoms with Gasteiger partial charge in [0.25, 0.3) is 0 Å². The zero-order valence-corrected chi connectivity index (χ0v) is 13.0. The van der Waals surface area contributed by atoms with Crippen LogP contribution in [0.1, 0.15) is 52.9 Å². The molecule has 0 aromatic rings. The second-order valence-corrected chi connectivity index (χ2v) is 5.10. The van der Waals surface area contributed by atoms with Crippen LogP contribution >= 0.6 is 0 Å². The van der Waals surface area contributed by atoms with E-state index in [4.69, 9.17) is 4.74 Å². The van der Waals surface area contributed by atoms with Crippen molar-refractivity contribution >= 4 is 0 Å². The molecular weight excluding hydrogens is 224 g/mol. The highest BCUT2D eigenvalue weighted by molar-refractivity contribution is 4.65. The van der Waals surface area contributed by atoms with E-state index in [0.29, 0.717) is 6.04 Å². The van der Waals surface area contributed by atoms with Gasteiger partial charge in [-0.2, -0.15) is 0 Å². The van der Waals surface area contributed by atoms with Crippen LogP contribution in [0.15, 0.2) is 0 Å². The van der Waals surface area contributed by atoms with Gasteiger partial charge in [-0.05, 0) is 52.2 Å². The van der Waals surface area contributed by atoms with Crippen LogP contribution in [0, 0.1) is 0 Å². The lowest BCUT2D eigenvalue weighted by atomic mass is 10.1. The fourth-order valence-corrected chi connectivity index (χ4v) is 2.06. The number of methoxy groups -OCH3 is 1. The number of nitrogens with one attached hydrogen (secondary N) is 1. The molecule has 1 unspecified atom stereocenters. The molecule has 110 valence electrons. The number of hydrogen-bond acceptors (Lipinski definition) is 3. The normalized spacial score (nSPS) is 13.2. The van der Waals surface area contributed by atoms with E-state index < -0.39 is 0 Å². The summed E-state index contributed by atoms with van der Waals surface area (Å²) >= 11 is 0. The Kier molecular flexibility index (Phi) is 13.2. The molecule has 0 radical (unpaired) electrons. The van der Waals surface area contributed by atoms with Crippen molar-refractivity contribution in [3.05, 3.63) is 0 Å².